The largest absolute Gasteiger partial charge is 0.383 e. The number of rotatable bonds is 8. The van der Waals surface area contributed by atoms with Gasteiger partial charge in [-0.15, -0.1) is 24.0 Å². The van der Waals surface area contributed by atoms with E-state index in [0.29, 0.717) is 6.04 Å². The van der Waals surface area contributed by atoms with Crippen LogP contribution in [0.5, 0.6) is 0 Å². The SMILES string of the molecule is CCCCN(C)C(=NC)NCC1CCCN1CCOC.I. The normalized spacial score (nSPS) is 19.4. The summed E-state index contributed by atoms with van der Waals surface area (Å²) in [6.07, 6.45) is 4.99. The number of nitrogens with zero attached hydrogens (tertiary/aromatic N) is 3. The number of methoxy groups -OCH3 is 1. The molecule has 21 heavy (non-hydrogen) atoms. The van der Waals surface area contributed by atoms with Crippen LogP contribution >= 0.6 is 24.0 Å². The lowest BCUT2D eigenvalue weighted by atomic mass is 10.2. The molecule has 0 spiro atoms. The van der Waals surface area contributed by atoms with Crippen molar-refractivity contribution in [2.45, 2.75) is 38.6 Å². The Morgan fingerprint density at radius 2 is 2.24 bits per heavy atom. The van der Waals surface area contributed by atoms with Gasteiger partial charge in [0.05, 0.1) is 6.61 Å². The fourth-order valence-electron chi connectivity index (χ4n) is 2.72. The predicted molar refractivity (Wildman–Crippen MR) is 101 cm³/mol. The summed E-state index contributed by atoms with van der Waals surface area (Å²) in [5.74, 6) is 1.01. The van der Waals surface area contributed by atoms with Gasteiger partial charge in [-0.25, -0.2) is 0 Å². The molecule has 0 bridgehead atoms. The highest BCUT2D eigenvalue weighted by atomic mass is 127. The third-order valence-corrected chi connectivity index (χ3v) is 4.00. The topological polar surface area (TPSA) is 40.1 Å². The average molecular weight is 412 g/mol. The number of hydrogen-bond donors (Lipinski definition) is 1. The summed E-state index contributed by atoms with van der Waals surface area (Å²) >= 11 is 0. The maximum Gasteiger partial charge on any atom is 0.193 e. The molecule has 0 aliphatic carbocycles. The van der Waals surface area contributed by atoms with Crippen LogP contribution in [0.1, 0.15) is 32.6 Å². The molecule has 0 aromatic heterocycles. The molecule has 0 radical (unpaired) electrons. The van der Waals surface area contributed by atoms with Gasteiger partial charge < -0.3 is 15.0 Å². The number of halogens is 1. The summed E-state index contributed by atoms with van der Waals surface area (Å²) in [7, 11) is 5.75. The fraction of sp³-hybridized carbons (Fsp3) is 0.933. The second-order valence-electron chi connectivity index (χ2n) is 5.53. The van der Waals surface area contributed by atoms with Gasteiger partial charge in [-0.1, -0.05) is 13.3 Å². The van der Waals surface area contributed by atoms with E-state index < -0.39 is 0 Å². The zero-order valence-corrected chi connectivity index (χ0v) is 16.4. The Bertz CT molecular complexity index is 289. The molecule has 6 heteroatoms. The maximum atomic E-state index is 5.19. The summed E-state index contributed by atoms with van der Waals surface area (Å²) < 4.78 is 5.19. The molecule has 0 aromatic rings. The van der Waals surface area contributed by atoms with Crippen molar-refractivity contribution < 1.29 is 4.74 Å². The summed E-state index contributed by atoms with van der Waals surface area (Å²) in [6, 6.07) is 0.612. The molecular formula is C15H33IN4O. The fourth-order valence-corrected chi connectivity index (χ4v) is 2.72. The van der Waals surface area contributed by atoms with Crippen LogP contribution in [-0.4, -0.2) is 75.8 Å². The molecule has 1 rings (SSSR count). The predicted octanol–water partition coefficient (Wildman–Crippen LogP) is 2.02. The standard InChI is InChI=1S/C15H32N4O.HI/c1-5-6-9-18(3)15(16-2)17-13-14-8-7-10-19(14)11-12-20-4;/h14H,5-13H2,1-4H3,(H,16,17);1H. The van der Waals surface area contributed by atoms with Gasteiger partial charge in [0.25, 0.3) is 0 Å². The lowest BCUT2D eigenvalue weighted by Crippen LogP contribution is -2.46. The molecule has 0 saturated carbocycles. The van der Waals surface area contributed by atoms with Gasteiger partial charge in [-0.3, -0.25) is 9.89 Å². The highest BCUT2D eigenvalue weighted by Gasteiger charge is 2.24. The van der Waals surface area contributed by atoms with Crippen molar-refractivity contribution in [3.05, 3.63) is 0 Å². The van der Waals surface area contributed by atoms with E-state index in [4.69, 9.17) is 4.74 Å². The van der Waals surface area contributed by atoms with E-state index in [2.05, 4.69) is 34.1 Å². The minimum atomic E-state index is 0. The lowest BCUT2D eigenvalue weighted by molar-refractivity contribution is 0.141. The second kappa shape index (κ2) is 12.5. The number of ether oxygens (including phenoxy) is 1. The summed E-state index contributed by atoms with van der Waals surface area (Å²) in [4.78, 5) is 9.12. The van der Waals surface area contributed by atoms with Gasteiger partial charge in [0.1, 0.15) is 0 Å². The van der Waals surface area contributed by atoms with Gasteiger partial charge >= 0.3 is 0 Å². The van der Waals surface area contributed by atoms with Crippen molar-refractivity contribution in [3.63, 3.8) is 0 Å². The monoisotopic (exact) mass is 412 g/mol. The van der Waals surface area contributed by atoms with Crippen LogP contribution in [0.15, 0.2) is 4.99 Å². The number of nitrogens with one attached hydrogen (secondary N) is 1. The van der Waals surface area contributed by atoms with Crippen LogP contribution in [0.2, 0.25) is 0 Å². The molecule has 1 heterocycles. The molecule has 1 atom stereocenters. The van der Waals surface area contributed by atoms with Crippen molar-refractivity contribution in [1.82, 2.24) is 15.1 Å². The molecule has 0 aromatic carbocycles. The third kappa shape index (κ3) is 7.65. The molecule has 1 fully saturated rings. The van der Waals surface area contributed by atoms with Gasteiger partial charge in [0, 0.05) is 46.9 Å². The van der Waals surface area contributed by atoms with E-state index in [1.54, 1.807) is 7.11 Å². The Hall–Kier alpha value is -0.0800. The van der Waals surface area contributed by atoms with Crippen molar-refractivity contribution in [2.75, 3.05) is 54.0 Å². The van der Waals surface area contributed by atoms with Crippen LogP contribution in [0.3, 0.4) is 0 Å². The first-order valence-corrected chi connectivity index (χ1v) is 7.87. The summed E-state index contributed by atoms with van der Waals surface area (Å²) in [6.45, 7) is 7.31. The number of aliphatic imine (C=N–C) groups is 1. The Morgan fingerprint density at radius 1 is 1.48 bits per heavy atom. The van der Waals surface area contributed by atoms with Crippen molar-refractivity contribution in [2.24, 2.45) is 4.99 Å². The minimum Gasteiger partial charge on any atom is -0.383 e. The number of unbranched alkanes of at least 4 members (excludes halogenated alkanes) is 1. The smallest absolute Gasteiger partial charge is 0.193 e. The van der Waals surface area contributed by atoms with Crippen LogP contribution in [0.25, 0.3) is 0 Å². The lowest BCUT2D eigenvalue weighted by Gasteiger charge is -2.27. The van der Waals surface area contributed by atoms with E-state index in [9.17, 15) is 0 Å². The number of guanidine groups is 1. The van der Waals surface area contributed by atoms with E-state index >= 15 is 0 Å². The molecule has 1 saturated heterocycles. The van der Waals surface area contributed by atoms with Crippen molar-refractivity contribution in [1.29, 1.82) is 0 Å². The molecular weight excluding hydrogens is 379 g/mol. The van der Waals surface area contributed by atoms with Crippen LogP contribution in [0, 0.1) is 0 Å². The zero-order valence-electron chi connectivity index (χ0n) is 14.1. The van der Waals surface area contributed by atoms with Crippen LogP contribution in [0.4, 0.5) is 0 Å². The molecule has 1 unspecified atom stereocenters. The molecule has 1 N–H and O–H groups in total. The first-order chi connectivity index (χ1) is 9.72. The van der Waals surface area contributed by atoms with Gasteiger partial charge in [0.15, 0.2) is 5.96 Å². The third-order valence-electron chi connectivity index (χ3n) is 4.00. The highest BCUT2D eigenvalue weighted by Crippen LogP contribution is 2.15. The number of likely N-dealkylation sites (tertiary alicyclic amines) is 1. The Labute approximate surface area is 147 Å². The second-order valence-corrected chi connectivity index (χ2v) is 5.53. The van der Waals surface area contributed by atoms with Crippen molar-refractivity contribution >= 4 is 29.9 Å². The average Bonchev–Trinajstić information content (AvgIpc) is 2.91. The Balaban J connectivity index is 0.00000400. The first-order valence-electron chi connectivity index (χ1n) is 7.87. The quantitative estimate of drug-likeness (QED) is 0.376. The van der Waals surface area contributed by atoms with Gasteiger partial charge in [-0.05, 0) is 25.8 Å². The summed E-state index contributed by atoms with van der Waals surface area (Å²) in [5.41, 5.74) is 0. The molecule has 5 nitrogen and oxygen atoms in total. The van der Waals surface area contributed by atoms with Crippen molar-refractivity contribution in [3.8, 4) is 0 Å². The van der Waals surface area contributed by atoms with Gasteiger partial charge in [0.2, 0.25) is 0 Å². The van der Waals surface area contributed by atoms with E-state index in [1.165, 1.54) is 32.2 Å². The zero-order chi connectivity index (χ0) is 14.8. The maximum absolute atomic E-state index is 5.19. The molecule has 0 amide bonds. The van der Waals surface area contributed by atoms with E-state index in [-0.39, 0.29) is 24.0 Å². The molecule has 1 aliphatic heterocycles. The van der Waals surface area contributed by atoms with E-state index in [0.717, 1.165) is 32.2 Å². The number of hydrogen-bond acceptors (Lipinski definition) is 3. The van der Waals surface area contributed by atoms with E-state index in [1.807, 2.05) is 7.05 Å². The highest BCUT2D eigenvalue weighted by molar-refractivity contribution is 14.0. The Kier molecular flexibility index (Phi) is 12.4. The molecule has 1 aliphatic rings. The minimum absolute atomic E-state index is 0. The first kappa shape index (κ1) is 20.9. The van der Waals surface area contributed by atoms with Crippen LogP contribution < -0.4 is 5.32 Å². The Morgan fingerprint density at radius 3 is 2.86 bits per heavy atom. The van der Waals surface area contributed by atoms with Crippen LogP contribution in [-0.2, 0) is 4.74 Å². The molecule has 126 valence electrons. The summed E-state index contributed by atoms with van der Waals surface area (Å²) in [5, 5.41) is 3.52. The van der Waals surface area contributed by atoms with Gasteiger partial charge in [-0.2, -0.15) is 0 Å².